The van der Waals surface area contributed by atoms with Crippen molar-refractivity contribution in [3.63, 3.8) is 0 Å². The highest BCUT2D eigenvalue weighted by Gasteiger charge is 2.10. The molecule has 0 bridgehead atoms. The van der Waals surface area contributed by atoms with Crippen molar-refractivity contribution in [2.24, 2.45) is 0 Å². The molecule has 2 aromatic rings. The maximum absolute atomic E-state index is 12.2. The highest BCUT2D eigenvalue weighted by Crippen LogP contribution is 2.19. The lowest BCUT2D eigenvalue weighted by molar-refractivity contribution is -0.121. The van der Waals surface area contributed by atoms with E-state index >= 15 is 0 Å². The Balaban J connectivity index is 2.04. The third kappa shape index (κ3) is 3.23. The molecular formula is C13H17N3O3S. The smallest absolute Gasteiger partial charge is 0.271 e. The minimum absolute atomic E-state index is 0.00823. The zero-order chi connectivity index (χ0) is 14.5. The number of nitrogens with one attached hydrogen (secondary N) is 1. The molecule has 0 aromatic carbocycles. The van der Waals surface area contributed by atoms with Gasteiger partial charge in [-0.25, -0.2) is 4.98 Å². The molecule has 0 atom stereocenters. The van der Waals surface area contributed by atoms with E-state index in [0.717, 1.165) is 17.5 Å². The van der Waals surface area contributed by atoms with Gasteiger partial charge in [-0.05, 0) is 24.3 Å². The summed E-state index contributed by atoms with van der Waals surface area (Å²) in [6.07, 6.45) is 2.18. The number of thiophene rings is 1. The number of aromatic nitrogens is 2. The molecule has 108 valence electrons. The Morgan fingerprint density at radius 3 is 3.10 bits per heavy atom. The molecule has 0 aliphatic carbocycles. The number of hydrogen-bond donors (Lipinski definition) is 1. The number of carbonyl (C=O) groups excluding carboxylic acids is 1. The minimum Gasteiger partial charge on any atom is -0.385 e. The van der Waals surface area contributed by atoms with Gasteiger partial charge in [0, 0.05) is 20.3 Å². The normalized spacial score (nSPS) is 10.9. The minimum atomic E-state index is -0.197. The summed E-state index contributed by atoms with van der Waals surface area (Å²) in [5, 5.41) is 4.64. The van der Waals surface area contributed by atoms with E-state index in [1.165, 1.54) is 22.2 Å². The average Bonchev–Trinajstić information content (AvgIpc) is 2.80. The molecule has 0 aliphatic rings. The van der Waals surface area contributed by atoms with E-state index in [9.17, 15) is 9.59 Å². The number of ether oxygens (including phenoxy) is 1. The van der Waals surface area contributed by atoms with Crippen molar-refractivity contribution in [3.8, 4) is 0 Å². The number of amides is 1. The molecule has 0 unspecified atom stereocenters. The molecule has 0 saturated heterocycles. The van der Waals surface area contributed by atoms with Gasteiger partial charge in [-0.2, -0.15) is 0 Å². The molecule has 20 heavy (non-hydrogen) atoms. The molecule has 0 radical (unpaired) electrons. The Bertz CT molecular complexity index is 662. The van der Waals surface area contributed by atoms with Crippen LogP contribution in [0.15, 0.2) is 16.5 Å². The van der Waals surface area contributed by atoms with Crippen molar-refractivity contribution in [1.82, 2.24) is 14.9 Å². The van der Waals surface area contributed by atoms with E-state index in [2.05, 4.69) is 10.3 Å². The largest absolute Gasteiger partial charge is 0.385 e. The number of carbonyl (C=O) groups is 1. The van der Waals surface area contributed by atoms with Gasteiger partial charge in [-0.1, -0.05) is 0 Å². The van der Waals surface area contributed by atoms with Crippen LogP contribution >= 0.6 is 11.3 Å². The first kappa shape index (κ1) is 14.7. The highest BCUT2D eigenvalue weighted by molar-refractivity contribution is 7.17. The van der Waals surface area contributed by atoms with Crippen LogP contribution in [0.4, 0.5) is 0 Å². The molecule has 0 fully saturated rings. The van der Waals surface area contributed by atoms with Gasteiger partial charge in [0.1, 0.15) is 11.2 Å². The molecule has 7 heteroatoms. The summed E-state index contributed by atoms with van der Waals surface area (Å²) in [6.45, 7) is 3.04. The second-order valence-electron chi connectivity index (χ2n) is 4.47. The van der Waals surface area contributed by atoms with Gasteiger partial charge in [-0.3, -0.25) is 14.2 Å². The van der Waals surface area contributed by atoms with E-state index in [4.69, 9.17) is 4.74 Å². The van der Waals surface area contributed by atoms with Crippen molar-refractivity contribution in [2.45, 2.75) is 19.9 Å². The zero-order valence-corrected chi connectivity index (χ0v) is 12.3. The van der Waals surface area contributed by atoms with E-state index < -0.39 is 0 Å². The van der Waals surface area contributed by atoms with Gasteiger partial charge in [0.15, 0.2) is 0 Å². The fraction of sp³-hybridized carbons (Fsp3) is 0.462. The fourth-order valence-corrected chi connectivity index (χ4v) is 2.78. The molecule has 1 N–H and O–H groups in total. The maximum atomic E-state index is 12.2. The Labute approximate surface area is 120 Å². The number of fused-ring (bicyclic) bond motifs is 1. The SMILES string of the molecule is COCCCNC(=O)Cn1cnc2c(C)csc2c1=O. The van der Waals surface area contributed by atoms with Crippen molar-refractivity contribution in [2.75, 3.05) is 20.3 Å². The summed E-state index contributed by atoms with van der Waals surface area (Å²) in [5.41, 5.74) is 1.54. The molecule has 1 amide bonds. The first-order chi connectivity index (χ1) is 9.63. The van der Waals surface area contributed by atoms with Crippen molar-refractivity contribution in [3.05, 3.63) is 27.6 Å². The van der Waals surface area contributed by atoms with Crippen LogP contribution in [-0.4, -0.2) is 35.7 Å². The zero-order valence-electron chi connectivity index (χ0n) is 11.5. The summed E-state index contributed by atoms with van der Waals surface area (Å²) in [6, 6.07) is 0. The maximum Gasteiger partial charge on any atom is 0.271 e. The second kappa shape index (κ2) is 6.62. The summed E-state index contributed by atoms with van der Waals surface area (Å²) >= 11 is 1.36. The topological polar surface area (TPSA) is 73.2 Å². The summed E-state index contributed by atoms with van der Waals surface area (Å²) in [5.74, 6) is -0.197. The van der Waals surface area contributed by atoms with Crippen LogP contribution in [0.1, 0.15) is 12.0 Å². The monoisotopic (exact) mass is 295 g/mol. The van der Waals surface area contributed by atoms with E-state index in [1.54, 1.807) is 7.11 Å². The van der Waals surface area contributed by atoms with Gasteiger partial charge in [0.25, 0.3) is 5.56 Å². The van der Waals surface area contributed by atoms with Crippen molar-refractivity contribution >= 4 is 27.5 Å². The second-order valence-corrected chi connectivity index (χ2v) is 5.35. The van der Waals surface area contributed by atoms with Gasteiger partial charge in [-0.15, -0.1) is 11.3 Å². The standard InChI is InChI=1S/C13H17N3O3S/c1-9-7-20-12-11(9)15-8-16(13(12)18)6-10(17)14-4-3-5-19-2/h7-8H,3-6H2,1-2H3,(H,14,17). The Morgan fingerprint density at radius 1 is 1.55 bits per heavy atom. The molecule has 2 rings (SSSR count). The fourth-order valence-electron chi connectivity index (χ4n) is 1.83. The number of rotatable bonds is 6. The van der Waals surface area contributed by atoms with Crippen LogP contribution in [0.2, 0.25) is 0 Å². The van der Waals surface area contributed by atoms with E-state index in [1.807, 2.05) is 12.3 Å². The summed E-state index contributed by atoms with van der Waals surface area (Å²) in [7, 11) is 1.62. The van der Waals surface area contributed by atoms with Crippen LogP contribution in [-0.2, 0) is 16.1 Å². The Hall–Kier alpha value is -1.73. The third-order valence-corrected chi connectivity index (χ3v) is 3.96. The third-order valence-electron chi connectivity index (χ3n) is 2.88. The van der Waals surface area contributed by atoms with Crippen LogP contribution in [0.5, 0.6) is 0 Å². The lowest BCUT2D eigenvalue weighted by atomic mass is 10.3. The summed E-state index contributed by atoms with van der Waals surface area (Å²) in [4.78, 5) is 28.2. The molecular weight excluding hydrogens is 278 g/mol. The first-order valence-corrected chi connectivity index (χ1v) is 7.20. The van der Waals surface area contributed by atoms with Crippen LogP contribution in [0.25, 0.3) is 10.2 Å². The van der Waals surface area contributed by atoms with E-state index in [0.29, 0.717) is 17.9 Å². The first-order valence-electron chi connectivity index (χ1n) is 6.32. The van der Waals surface area contributed by atoms with Crippen LogP contribution < -0.4 is 10.9 Å². The molecule has 0 spiro atoms. The van der Waals surface area contributed by atoms with E-state index in [-0.39, 0.29) is 18.0 Å². The summed E-state index contributed by atoms with van der Waals surface area (Å²) < 4.78 is 6.83. The van der Waals surface area contributed by atoms with Gasteiger partial charge in [0.05, 0.1) is 11.8 Å². The van der Waals surface area contributed by atoms with Crippen molar-refractivity contribution < 1.29 is 9.53 Å². The molecule has 0 aliphatic heterocycles. The van der Waals surface area contributed by atoms with Crippen LogP contribution in [0.3, 0.4) is 0 Å². The molecule has 2 aromatic heterocycles. The average molecular weight is 295 g/mol. The van der Waals surface area contributed by atoms with Gasteiger partial charge < -0.3 is 10.1 Å². The predicted octanol–water partition coefficient (Wildman–Crippen LogP) is 0.919. The number of hydrogen-bond acceptors (Lipinski definition) is 5. The lowest BCUT2D eigenvalue weighted by Gasteiger charge is -2.06. The number of methoxy groups -OCH3 is 1. The molecule has 0 saturated carbocycles. The highest BCUT2D eigenvalue weighted by atomic mass is 32.1. The Kier molecular flexibility index (Phi) is 4.86. The van der Waals surface area contributed by atoms with Crippen molar-refractivity contribution in [1.29, 1.82) is 0 Å². The Morgan fingerprint density at radius 2 is 2.35 bits per heavy atom. The number of aryl methyl sites for hydroxylation is 1. The molecule has 6 nitrogen and oxygen atoms in total. The quantitative estimate of drug-likeness (QED) is 0.804. The van der Waals surface area contributed by atoms with Gasteiger partial charge >= 0.3 is 0 Å². The predicted molar refractivity (Wildman–Crippen MR) is 78.1 cm³/mol. The number of nitrogens with zero attached hydrogens (tertiary/aromatic N) is 2. The van der Waals surface area contributed by atoms with Crippen LogP contribution in [0, 0.1) is 6.92 Å². The lowest BCUT2D eigenvalue weighted by Crippen LogP contribution is -2.33. The molecule has 2 heterocycles. The van der Waals surface area contributed by atoms with Gasteiger partial charge in [0.2, 0.25) is 5.91 Å².